The molecule has 1 aliphatic heterocycles. The van der Waals surface area contributed by atoms with E-state index in [0.717, 1.165) is 28.4 Å². The zero-order chi connectivity index (χ0) is 19.2. The molecule has 0 spiro atoms. The number of ether oxygens (including phenoxy) is 2. The van der Waals surface area contributed by atoms with Crippen LogP contribution in [-0.4, -0.2) is 24.9 Å². The average Bonchev–Trinajstić information content (AvgIpc) is 2.90. The standard InChI is InChI=1S/C22H27NO3S/c1-15(2)22(17-9-10-18-19(13-17)26-12-6-11-25-18)23-21(24)14-27-20-8-5-4-7-16(20)3/h4-5,7-10,13,15,22H,6,11-12,14H2,1-3H3,(H,23,24). The van der Waals surface area contributed by atoms with Gasteiger partial charge >= 0.3 is 0 Å². The number of amides is 1. The summed E-state index contributed by atoms with van der Waals surface area (Å²) in [6, 6.07) is 14.0. The monoisotopic (exact) mass is 385 g/mol. The van der Waals surface area contributed by atoms with E-state index in [1.165, 1.54) is 5.56 Å². The van der Waals surface area contributed by atoms with Crippen LogP contribution in [0.3, 0.4) is 0 Å². The molecule has 0 bridgehead atoms. The van der Waals surface area contributed by atoms with Gasteiger partial charge in [-0.05, 0) is 42.2 Å². The van der Waals surface area contributed by atoms with E-state index < -0.39 is 0 Å². The Morgan fingerprint density at radius 2 is 1.85 bits per heavy atom. The smallest absolute Gasteiger partial charge is 0.230 e. The van der Waals surface area contributed by atoms with Crippen molar-refractivity contribution < 1.29 is 14.3 Å². The lowest BCUT2D eigenvalue weighted by molar-refractivity contribution is -0.119. The summed E-state index contributed by atoms with van der Waals surface area (Å²) in [5.41, 5.74) is 2.24. The number of hydrogen-bond donors (Lipinski definition) is 1. The van der Waals surface area contributed by atoms with Crippen LogP contribution in [0.2, 0.25) is 0 Å². The minimum Gasteiger partial charge on any atom is -0.490 e. The molecule has 1 atom stereocenters. The van der Waals surface area contributed by atoms with Crippen LogP contribution in [-0.2, 0) is 4.79 Å². The van der Waals surface area contributed by atoms with Crippen LogP contribution < -0.4 is 14.8 Å². The molecule has 4 nitrogen and oxygen atoms in total. The first-order chi connectivity index (χ1) is 13.0. The van der Waals surface area contributed by atoms with Gasteiger partial charge < -0.3 is 14.8 Å². The van der Waals surface area contributed by atoms with Crippen molar-refractivity contribution in [2.24, 2.45) is 5.92 Å². The molecular weight excluding hydrogens is 358 g/mol. The molecule has 3 rings (SSSR count). The normalized spacial score (nSPS) is 14.5. The van der Waals surface area contributed by atoms with Crippen LogP contribution in [0.4, 0.5) is 0 Å². The fourth-order valence-corrected chi connectivity index (χ4v) is 3.93. The number of fused-ring (bicyclic) bond motifs is 1. The molecule has 144 valence electrons. The second-order valence-electron chi connectivity index (χ2n) is 7.10. The number of carbonyl (C=O) groups excluding carboxylic acids is 1. The number of benzene rings is 2. The van der Waals surface area contributed by atoms with E-state index in [2.05, 4.69) is 38.2 Å². The molecule has 5 heteroatoms. The first-order valence-electron chi connectivity index (χ1n) is 9.42. The lowest BCUT2D eigenvalue weighted by Gasteiger charge is -2.24. The van der Waals surface area contributed by atoms with Crippen LogP contribution in [0.5, 0.6) is 11.5 Å². The molecule has 2 aromatic rings. The molecule has 1 aliphatic rings. The van der Waals surface area contributed by atoms with Gasteiger partial charge in [0.15, 0.2) is 11.5 Å². The molecule has 0 aliphatic carbocycles. The summed E-state index contributed by atoms with van der Waals surface area (Å²) in [7, 11) is 0. The van der Waals surface area contributed by atoms with E-state index in [-0.39, 0.29) is 17.9 Å². The van der Waals surface area contributed by atoms with Crippen LogP contribution in [0.15, 0.2) is 47.4 Å². The van der Waals surface area contributed by atoms with E-state index in [9.17, 15) is 4.79 Å². The van der Waals surface area contributed by atoms with Gasteiger partial charge in [0.25, 0.3) is 0 Å². The highest BCUT2D eigenvalue weighted by Crippen LogP contribution is 2.34. The van der Waals surface area contributed by atoms with Gasteiger partial charge in [-0.25, -0.2) is 0 Å². The molecule has 27 heavy (non-hydrogen) atoms. The van der Waals surface area contributed by atoms with E-state index in [0.29, 0.717) is 19.0 Å². The van der Waals surface area contributed by atoms with Crippen molar-refractivity contribution in [3.8, 4) is 11.5 Å². The second-order valence-corrected chi connectivity index (χ2v) is 8.12. The molecule has 1 unspecified atom stereocenters. The van der Waals surface area contributed by atoms with Gasteiger partial charge in [0, 0.05) is 11.3 Å². The maximum absolute atomic E-state index is 12.6. The van der Waals surface area contributed by atoms with Crippen LogP contribution >= 0.6 is 11.8 Å². The number of hydrogen-bond acceptors (Lipinski definition) is 4. The molecule has 1 heterocycles. The molecule has 1 N–H and O–H groups in total. The average molecular weight is 386 g/mol. The molecule has 0 fully saturated rings. The van der Waals surface area contributed by atoms with Gasteiger partial charge in [0.2, 0.25) is 5.91 Å². The largest absolute Gasteiger partial charge is 0.490 e. The predicted molar refractivity (Wildman–Crippen MR) is 110 cm³/mol. The lowest BCUT2D eigenvalue weighted by Crippen LogP contribution is -2.33. The Balaban J connectivity index is 1.68. The van der Waals surface area contributed by atoms with E-state index >= 15 is 0 Å². The molecular formula is C22H27NO3S. The summed E-state index contributed by atoms with van der Waals surface area (Å²) < 4.78 is 11.5. The number of thioether (sulfide) groups is 1. The third-order valence-electron chi connectivity index (χ3n) is 4.57. The Morgan fingerprint density at radius 3 is 2.59 bits per heavy atom. The fourth-order valence-electron chi connectivity index (χ4n) is 3.09. The van der Waals surface area contributed by atoms with Crippen LogP contribution in [0.1, 0.15) is 37.4 Å². The zero-order valence-corrected chi connectivity index (χ0v) is 17.0. The third kappa shape index (κ3) is 5.19. The zero-order valence-electron chi connectivity index (χ0n) is 16.2. The Labute approximate surface area is 165 Å². The fraction of sp³-hybridized carbons (Fsp3) is 0.409. The highest BCUT2D eigenvalue weighted by atomic mass is 32.2. The Morgan fingerprint density at radius 1 is 1.11 bits per heavy atom. The van der Waals surface area contributed by atoms with Gasteiger partial charge in [0.05, 0.1) is 25.0 Å². The van der Waals surface area contributed by atoms with Crippen LogP contribution in [0, 0.1) is 12.8 Å². The highest BCUT2D eigenvalue weighted by Gasteiger charge is 2.21. The summed E-state index contributed by atoms with van der Waals surface area (Å²) in [4.78, 5) is 13.7. The molecule has 1 amide bonds. The topological polar surface area (TPSA) is 47.6 Å². The van der Waals surface area contributed by atoms with E-state index in [4.69, 9.17) is 9.47 Å². The van der Waals surface area contributed by atoms with Gasteiger partial charge in [0.1, 0.15) is 0 Å². The highest BCUT2D eigenvalue weighted by molar-refractivity contribution is 8.00. The third-order valence-corrected chi connectivity index (χ3v) is 5.74. The number of rotatable bonds is 6. The summed E-state index contributed by atoms with van der Waals surface area (Å²) in [5, 5.41) is 3.19. The van der Waals surface area contributed by atoms with Gasteiger partial charge in [-0.15, -0.1) is 11.8 Å². The van der Waals surface area contributed by atoms with Crippen molar-refractivity contribution in [3.63, 3.8) is 0 Å². The maximum atomic E-state index is 12.6. The molecule has 0 aromatic heterocycles. The minimum atomic E-state index is -0.0628. The predicted octanol–water partition coefficient (Wildman–Crippen LogP) is 4.76. The first kappa shape index (κ1) is 19.6. The van der Waals surface area contributed by atoms with Crippen molar-refractivity contribution in [2.75, 3.05) is 19.0 Å². The number of nitrogens with one attached hydrogen (secondary N) is 1. The maximum Gasteiger partial charge on any atom is 0.230 e. The summed E-state index contributed by atoms with van der Waals surface area (Å²) in [6.07, 6.45) is 0.879. The Bertz CT molecular complexity index is 791. The van der Waals surface area contributed by atoms with Crippen LogP contribution in [0.25, 0.3) is 0 Å². The number of aryl methyl sites for hydroxylation is 1. The molecule has 0 saturated heterocycles. The summed E-state index contributed by atoms with van der Waals surface area (Å²) >= 11 is 1.57. The summed E-state index contributed by atoms with van der Waals surface area (Å²) in [5.74, 6) is 2.24. The lowest BCUT2D eigenvalue weighted by atomic mass is 9.95. The van der Waals surface area contributed by atoms with Gasteiger partial charge in [-0.3, -0.25) is 4.79 Å². The van der Waals surface area contributed by atoms with Crippen molar-refractivity contribution >= 4 is 17.7 Å². The summed E-state index contributed by atoms with van der Waals surface area (Å²) in [6.45, 7) is 7.62. The second kappa shape index (κ2) is 9.18. The Kier molecular flexibility index (Phi) is 6.67. The van der Waals surface area contributed by atoms with Gasteiger partial charge in [-0.2, -0.15) is 0 Å². The minimum absolute atomic E-state index is 0.0362. The SMILES string of the molecule is Cc1ccccc1SCC(=O)NC(c1ccc2c(c1)OCCCO2)C(C)C. The molecule has 0 saturated carbocycles. The Hall–Kier alpha value is -2.14. The van der Waals surface area contributed by atoms with Crippen molar-refractivity contribution in [1.82, 2.24) is 5.32 Å². The van der Waals surface area contributed by atoms with Gasteiger partial charge in [-0.1, -0.05) is 38.1 Å². The van der Waals surface area contributed by atoms with Crippen molar-refractivity contribution in [1.29, 1.82) is 0 Å². The number of carbonyl (C=O) groups is 1. The quantitative estimate of drug-likeness (QED) is 0.728. The first-order valence-corrected chi connectivity index (χ1v) is 10.4. The van der Waals surface area contributed by atoms with E-state index in [1.807, 2.05) is 30.3 Å². The molecule has 2 aromatic carbocycles. The molecule has 0 radical (unpaired) electrons. The van der Waals surface area contributed by atoms with Crippen molar-refractivity contribution in [2.45, 2.75) is 38.1 Å². The van der Waals surface area contributed by atoms with Crippen molar-refractivity contribution in [3.05, 3.63) is 53.6 Å². The van der Waals surface area contributed by atoms with E-state index in [1.54, 1.807) is 11.8 Å².